The summed E-state index contributed by atoms with van der Waals surface area (Å²) in [6.07, 6.45) is 2.93. The van der Waals surface area contributed by atoms with Crippen molar-refractivity contribution >= 4 is 23.8 Å². The van der Waals surface area contributed by atoms with Gasteiger partial charge in [-0.1, -0.05) is 0 Å². The second kappa shape index (κ2) is 8.94. The SMILES string of the molecule is NC(=O)/C=C\C(=O)O.NC(=O)/C=C\C(=O)O. The maximum Gasteiger partial charge on any atom is 0.328 e. The highest BCUT2D eigenvalue weighted by atomic mass is 16.4. The van der Waals surface area contributed by atoms with Gasteiger partial charge in [0.1, 0.15) is 0 Å². The molecule has 88 valence electrons. The van der Waals surface area contributed by atoms with Gasteiger partial charge in [-0.3, -0.25) is 9.59 Å². The minimum absolute atomic E-state index is 0.683. The minimum Gasteiger partial charge on any atom is -0.478 e. The smallest absolute Gasteiger partial charge is 0.328 e. The lowest BCUT2D eigenvalue weighted by Crippen LogP contribution is -2.06. The van der Waals surface area contributed by atoms with E-state index in [1.54, 1.807) is 0 Å². The molecular weight excluding hydrogens is 220 g/mol. The Labute approximate surface area is 89.8 Å². The van der Waals surface area contributed by atoms with Gasteiger partial charge < -0.3 is 21.7 Å². The normalized spacial score (nSPS) is 9.50. The monoisotopic (exact) mass is 230 g/mol. The summed E-state index contributed by atoms with van der Waals surface area (Å²) in [7, 11) is 0. The van der Waals surface area contributed by atoms with E-state index in [1.807, 2.05) is 0 Å². The topological polar surface area (TPSA) is 161 Å². The molecule has 0 heterocycles. The highest BCUT2D eigenvalue weighted by Crippen LogP contribution is 1.68. The molecule has 0 aliphatic heterocycles. The maximum atomic E-state index is 9.78. The van der Waals surface area contributed by atoms with E-state index in [-0.39, 0.29) is 0 Å². The molecule has 16 heavy (non-hydrogen) atoms. The van der Waals surface area contributed by atoms with E-state index in [0.717, 1.165) is 12.2 Å². The van der Waals surface area contributed by atoms with Crippen molar-refractivity contribution in [2.75, 3.05) is 0 Å². The van der Waals surface area contributed by atoms with Crippen molar-refractivity contribution in [3.05, 3.63) is 24.3 Å². The molecule has 0 spiro atoms. The Hall–Kier alpha value is -2.64. The molecular formula is C8H10N2O6. The molecule has 0 bridgehead atoms. The summed E-state index contributed by atoms with van der Waals surface area (Å²) in [4.78, 5) is 38.8. The van der Waals surface area contributed by atoms with E-state index in [1.165, 1.54) is 0 Å². The number of carboxylic acid groups (broad SMARTS) is 2. The molecule has 0 aromatic carbocycles. The molecule has 6 N–H and O–H groups in total. The average Bonchev–Trinajstić information content (AvgIpc) is 2.12. The van der Waals surface area contributed by atoms with Crippen LogP contribution in [0.15, 0.2) is 24.3 Å². The molecule has 0 aliphatic carbocycles. The van der Waals surface area contributed by atoms with Crippen LogP contribution >= 0.6 is 0 Å². The Balaban J connectivity index is 0. The molecule has 0 atom stereocenters. The predicted molar refractivity (Wildman–Crippen MR) is 51.9 cm³/mol. The fourth-order valence-electron chi connectivity index (χ4n) is 0.307. The lowest BCUT2D eigenvalue weighted by atomic mass is 10.5. The van der Waals surface area contributed by atoms with Crippen molar-refractivity contribution in [3.8, 4) is 0 Å². The summed E-state index contributed by atoms with van der Waals surface area (Å²) in [6, 6.07) is 0. The Morgan fingerprint density at radius 3 is 1.00 bits per heavy atom. The van der Waals surface area contributed by atoms with Gasteiger partial charge in [-0.2, -0.15) is 0 Å². The lowest BCUT2D eigenvalue weighted by molar-refractivity contribution is -0.132. The zero-order valence-corrected chi connectivity index (χ0v) is 7.99. The van der Waals surface area contributed by atoms with Crippen LogP contribution in [0.1, 0.15) is 0 Å². The van der Waals surface area contributed by atoms with Crippen molar-refractivity contribution in [1.29, 1.82) is 0 Å². The number of carboxylic acids is 2. The summed E-state index contributed by atoms with van der Waals surface area (Å²) in [5, 5.41) is 15.7. The van der Waals surface area contributed by atoms with E-state index in [2.05, 4.69) is 11.5 Å². The highest BCUT2D eigenvalue weighted by molar-refractivity contribution is 5.93. The Kier molecular flexibility index (Phi) is 8.83. The summed E-state index contributed by atoms with van der Waals surface area (Å²) >= 11 is 0. The first-order chi connectivity index (χ1) is 7.25. The number of aliphatic carboxylic acids is 2. The standard InChI is InChI=1S/2C4H5NO3/c2*5-3(6)1-2-4(7)8/h2*1-2H,(H2,5,6)(H,7,8)/b2*2-1-. The molecule has 0 aromatic rings. The molecule has 0 radical (unpaired) electrons. The van der Waals surface area contributed by atoms with Crippen LogP contribution in [0.2, 0.25) is 0 Å². The van der Waals surface area contributed by atoms with Gasteiger partial charge in [0.25, 0.3) is 0 Å². The molecule has 0 saturated heterocycles. The predicted octanol–water partition coefficient (Wildman–Crippen LogP) is -1.77. The van der Waals surface area contributed by atoms with E-state index < -0.39 is 23.8 Å². The van der Waals surface area contributed by atoms with Gasteiger partial charge in [0, 0.05) is 24.3 Å². The second-order valence-corrected chi connectivity index (χ2v) is 2.15. The number of hydrogen-bond donors (Lipinski definition) is 4. The Morgan fingerprint density at radius 2 is 0.938 bits per heavy atom. The lowest BCUT2D eigenvalue weighted by Gasteiger charge is -1.75. The fraction of sp³-hybridized carbons (Fsp3) is 0. The largest absolute Gasteiger partial charge is 0.478 e. The summed E-state index contributed by atoms with van der Waals surface area (Å²) in [5.74, 6) is -3.87. The summed E-state index contributed by atoms with van der Waals surface area (Å²) in [5.41, 5.74) is 9.10. The molecule has 0 aliphatic rings. The Bertz CT molecular complexity index is 278. The average molecular weight is 230 g/mol. The first-order valence-electron chi connectivity index (χ1n) is 3.66. The van der Waals surface area contributed by atoms with Gasteiger partial charge >= 0.3 is 11.9 Å². The van der Waals surface area contributed by atoms with E-state index in [9.17, 15) is 19.2 Å². The molecule has 0 rings (SSSR count). The van der Waals surface area contributed by atoms with E-state index in [4.69, 9.17) is 10.2 Å². The number of carbonyl (C=O) groups excluding carboxylic acids is 2. The number of rotatable bonds is 4. The number of hydrogen-bond acceptors (Lipinski definition) is 4. The van der Waals surface area contributed by atoms with Gasteiger partial charge in [-0.05, 0) is 0 Å². The van der Waals surface area contributed by atoms with Crippen molar-refractivity contribution in [2.24, 2.45) is 11.5 Å². The van der Waals surface area contributed by atoms with E-state index >= 15 is 0 Å². The van der Waals surface area contributed by atoms with Crippen LogP contribution < -0.4 is 11.5 Å². The van der Waals surface area contributed by atoms with Crippen molar-refractivity contribution in [3.63, 3.8) is 0 Å². The van der Waals surface area contributed by atoms with Crippen molar-refractivity contribution < 1.29 is 29.4 Å². The number of carbonyl (C=O) groups is 4. The Morgan fingerprint density at radius 1 is 0.688 bits per heavy atom. The number of nitrogens with two attached hydrogens (primary N) is 2. The first-order valence-corrected chi connectivity index (χ1v) is 3.66. The van der Waals surface area contributed by atoms with Crippen molar-refractivity contribution in [2.45, 2.75) is 0 Å². The molecule has 0 saturated carbocycles. The van der Waals surface area contributed by atoms with Crippen molar-refractivity contribution in [1.82, 2.24) is 0 Å². The molecule has 8 nitrogen and oxygen atoms in total. The van der Waals surface area contributed by atoms with Crippen LogP contribution in [0, 0.1) is 0 Å². The van der Waals surface area contributed by atoms with Crippen LogP contribution in [0.3, 0.4) is 0 Å². The zero-order valence-electron chi connectivity index (χ0n) is 7.99. The molecule has 8 heteroatoms. The minimum atomic E-state index is -1.18. The van der Waals surface area contributed by atoms with Crippen LogP contribution in [0.5, 0.6) is 0 Å². The zero-order chi connectivity index (χ0) is 13.1. The number of amides is 2. The van der Waals surface area contributed by atoms with Crippen LogP contribution in [-0.4, -0.2) is 34.0 Å². The van der Waals surface area contributed by atoms with Crippen LogP contribution in [-0.2, 0) is 19.2 Å². The van der Waals surface area contributed by atoms with E-state index in [0.29, 0.717) is 12.2 Å². The fourth-order valence-corrected chi connectivity index (χ4v) is 0.307. The van der Waals surface area contributed by atoms with Crippen LogP contribution in [0.25, 0.3) is 0 Å². The third-order valence-corrected chi connectivity index (χ3v) is 0.780. The quantitative estimate of drug-likeness (QED) is 0.417. The third kappa shape index (κ3) is 22.5. The highest BCUT2D eigenvalue weighted by Gasteiger charge is 1.86. The third-order valence-electron chi connectivity index (χ3n) is 0.780. The van der Waals surface area contributed by atoms with Gasteiger partial charge in [0.05, 0.1) is 0 Å². The van der Waals surface area contributed by atoms with Gasteiger partial charge in [-0.25, -0.2) is 9.59 Å². The molecule has 2 amide bonds. The van der Waals surface area contributed by atoms with Gasteiger partial charge in [-0.15, -0.1) is 0 Å². The maximum absolute atomic E-state index is 9.78. The first kappa shape index (κ1) is 15.8. The second-order valence-electron chi connectivity index (χ2n) is 2.15. The van der Waals surface area contributed by atoms with Crippen LogP contribution in [0.4, 0.5) is 0 Å². The molecule has 0 fully saturated rings. The molecule has 0 unspecified atom stereocenters. The summed E-state index contributed by atoms with van der Waals surface area (Å²) < 4.78 is 0. The number of primary amides is 2. The van der Waals surface area contributed by atoms with Gasteiger partial charge in [0.2, 0.25) is 11.8 Å². The summed E-state index contributed by atoms with van der Waals surface area (Å²) in [6.45, 7) is 0. The van der Waals surface area contributed by atoms with Gasteiger partial charge in [0.15, 0.2) is 0 Å². The molecule has 0 aromatic heterocycles.